The summed E-state index contributed by atoms with van der Waals surface area (Å²) in [5.41, 5.74) is 1.35. The fraction of sp³-hybridized carbons (Fsp3) is 0.607. The normalized spacial score (nSPS) is 15.8. The number of hydrogen-bond acceptors (Lipinski definition) is 5. The van der Waals surface area contributed by atoms with E-state index < -0.39 is 10.3 Å². The van der Waals surface area contributed by atoms with Crippen LogP contribution in [0.4, 0.5) is 5.95 Å². The lowest BCUT2D eigenvalue weighted by molar-refractivity contribution is 0.323. The average Bonchev–Trinajstić information content (AvgIpc) is 3.19. The van der Waals surface area contributed by atoms with Crippen LogP contribution in [0.2, 0.25) is 0 Å². The first-order chi connectivity index (χ1) is 17.5. The maximum atomic E-state index is 13.6. The topological polar surface area (TPSA) is 83.1 Å². The van der Waals surface area contributed by atoms with Crippen molar-refractivity contribution in [2.45, 2.75) is 90.2 Å². The van der Waals surface area contributed by atoms with Crippen molar-refractivity contribution < 1.29 is 4.18 Å². The molecule has 0 saturated heterocycles. The summed E-state index contributed by atoms with van der Waals surface area (Å²) in [4.78, 5) is 32.0. The summed E-state index contributed by atoms with van der Waals surface area (Å²) in [5, 5.41) is 3.63. The number of fused-ring (bicyclic) bond motifs is 1. The quantitative estimate of drug-likeness (QED) is 0.423. The Morgan fingerprint density at radius 3 is 2.32 bits per heavy atom. The van der Waals surface area contributed by atoms with E-state index in [9.17, 15) is 9.59 Å². The van der Waals surface area contributed by atoms with Crippen LogP contribution in [0.5, 0.6) is 0 Å². The van der Waals surface area contributed by atoms with Crippen LogP contribution in [0.1, 0.15) is 65.4 Å². The number of nitrogens with one attached hydrogen (secondary N) is 1. The summed E-state index contributed by atoms with van der Waals surface area (Å²) in [6, 6.07) is 10.4. The Morgan fingerprint density at radius 1 is 1.03 bits per heavy atom. The zero-order valence-electron chi connectivity index (χ0n) is 23.2. The van der Waals surface area contributed by atoms with Gasteiger partial charge >= 0.3 is 5.69 Å². The molecule has 0 unspecified atom stereocenters. The van der Waals surface area contributed by atoms with Crippen molar-refractivity contribution in [3.63, 3.8) is 0 Å². The molecule has 9 heteroatoms. The summed E-state index contributed by atoms with van der Waals surface area (Å²) < 4.78 is 11.3. The molecule has 2 aromatic heterocycles. The summed E-state index contributed by atoms with van der Waals surface area (Å²) in [6.07, 6.45) is 10.1. The smallest absolute Gasteiger partial charge is 0.332 e. The van der Waals surface area contributed by atoms with Gasteiger partial charge in [-0.3, -0.25) is 18.5 Å². The molecule has 0 aliphatic heterocycles. The maximum absolute atomic E-state index is 13.6. The number of hydrogen-bond donors (Lipinski definition) is 1. The van der Waals surface area contributed by atoms with E-state index >= 15 is 0 Å². The van der Waals surface area contributed by atoms with Gasteiger partial charge in [-0.2, -0.15) is 4.98 Å². The largest absolute Gasteiger partial charge is 0.353 e. The first-order valence-electron chi connectivity index (χ1n) is 13.4. The first kappa shape index (κ1) is 27.5. The van der Waals surface area contributed by atoms with Gasteiger partial charge in [0.25, 0.3) is 5.56 Å². The van der Waals surface area contributed by atoms with Gasteiger partial charge in [0.05, 0.1) is 19.7 Å². The van der Waals surface area contributed by atoms with E-state index in [1.165, 1.54) is 23.8 Å². The van der Waals surface area contributed by atoms with Crippen LogP contribution in [0, 0.1) is 0 Å². The minimum atomic E-state index is -1.34. The molecule has 0 amide bonds. The van der Waals surface area contributed by atoms with Crippen LogP contribution in [-0.2, 0) is 23.8 Å². The molecular formula is C28H43N5O3S. The van der Waals surface area contributed by atoms with Crippen LogP contribution in [0.3, 0.4) is 0 Å². The zero-order chi connectivity index (χ0) is 26.8. The SMILES string of the molecule is CCn1c(=O)c2c(nc(NC3CCCCC3)n2Cc2ccccc2)n(CCOS(C)(C)C(C)(C)C)c1=O. The molecule has 2 heterocycles. The van der Waals surface area contributed by atoms with Gasteiger partial charge in [-0.05, 0) is 37.8 Å². The lowest BCUT2D eigenvalue weighted by Crippen LogP contribution is -2.41. The van der Waals surface area contributed by atoms with Crippen molar-refractivity contribution >= 4 is 27.4 Å². The Labute approximate surface area is 221 Å². The van der Waals surface area contributed by atoms with Crippen LogP contribution >= 0.6 is 10.3 Å². The molecule has 1 N–H and O–H groups in total. The second kappa shape index (κ2) is 11.1. The fourth-order valence-electron chi connectivity index (χ4n) is 4.74. The molecule has 0 atom stereocenters. The number of aromatic nitrogens is 4. The van der Waals surface area contributed by atoms with Gasteiger partial charge < -0.3 is 9.50 Å². The maximum Gasteiger partial charge on any atom is 0.332 e. The molecule has 1 aliphatic rings. The molecule has 1 aliphatic carbocycles. The molecular weight excluding hydrogens is 486 g/mol. The Morgan fingerprint density at radius 2 is 1.70 bits per heavy atom. The van der Waals surface area contributed by atoms with Gasteiger partial charge in [0.1, 0.15) is 0 Å². The number of nitrogens with zero attached hydrogens (tertiary/aromatic N) is 4. The minimum Gasteiger partial charge on any atom is -0.353 e. The standard InChI is InChI=1S/C28H43N5O3S/c1-7-31-25(34)23-24(32(27(31)35)18-19-36-37(5,6)28(2,3)4)30-26(29-22-16-12-9-13-17-22)33(23)20-21-14-10-8-11-15-21/h8,10-11,14-15,22H,7,9,12-13,16-20H2,1-6H3,(H,29,30). The van der Waals surface area contributed by atoms with Gasteiger partial charge in [0.15, 0.2) is 11.2 Å². The summed E-state index contributed by atoms with van der Waals surface area (Å²) in [6.45, 7) is 9.90. The van der Waals surface area contributed by atoms with Gasteiger partial charge in [-0.15, -0.1) is 10.3 Å². The van der Waals surface area contributed by atoms with Crippen molar-refractivity contribution in [2.24, 2.45) is 0 Å². The van der Waals surface area contributed by atoms with Crippen LogP contribution in [-0.4, -0.2) is 48.6 Å². The highest BCUT2D eigenvalue weighted by Gasteiger charge is 2.29. The molecule has 8 nitrogen and oxygen atoms in total. The van der Waals surface area contributed by atoms with E-state index in [2.05, 4.69) is 50.7 Å². The third kappa shape index (κ3) is 5.82. The van der Waals surface area contributed by atoms with E-state index in [0.29, 0.717) is 49.4 Å². The lowest BCUT2D eigenvalue weighted by atomic mass is 9.96. The third-order valence-corrected chi connectivity index (χ3v) is 11.4. The highest BCUT2D eigenvalue weighted by molar-refractivity contribution is 8.29. The Bertz CT molecular complexity index is 1330. The van der Waals surface area contributed by atoms with E-state index in [0.717, 1.165) is 18.4 Å². The summed E-state index contributed by atoms with van der Waals surface area (Å²) in [5.74, 6) is 0.659. The molecule has 204 valence electrons. The molecule has 4 rings (SSSR count). The molecule has 0 bridgehead atoms. The average molecular weight is 530 g/mol. The second-order valence-electron chi connectivity index (χ2n) is 11.3. The fourth-order valence-corrected chi connectivity index (χ4v) is 5.59. The molecule has 1 fully saturated rings. The Balaban J connectivity index is 1.81. The first-order valence-corrected chi connectivity index (χ1v) is 15.8. The molecule has 37 heavy (non-hydrogen) atoms. The monoisotopic (exact) mass is 529 g/mol. The van der Waals surface area contributed by atoms with E-state index in [1.807, 2.05) is 29.7 Å². The summed E-state index contributed by atoms with van der Waals surface area (Å²) >= 11 is 0. The number of anilines is 1. The Kier molecular flexibility index (Phi) is 8.23. The predicted octanol–water partition coefficient (Wildman–Crippen LogP) is 4.97. The molecule has 0 spiro atoms. The Hall–Kier alpha value is -2.52. The highest BCUT2D eigenvalue weighted by atomic mass is 32.3. The number of rotatable bonds is 9. The lowest BCUT2D eigenvalue weighted by Gasteiger charge is -2.43. The van der Waals surface area contributed by atoms with Gasteiger partial charge in [0.2, 0.25) is 5.95 Å². The molecule has 1 saturated carbocycles. The van der Waals surface area contributed by atoms with Gasteiger partial charge in [0, 0.05) is 17.3 Å². The highest BCUT2D eigenvalue weighted by Crippen LogP contribution is 2.53. The predicted molar refractivity (Wildman–Crippen MR) is 155 cm³/mol. The van der Waals surface area contributed by atoms with Crippen molar-refractivity contribution in [3.05, 3.63) is 56.7 Å². The van der Waals surface area contributed by atoms with Gasteiger partial charge in [-0.25, -0.2) is 4.79 Å². The summed E-state index contributed by atoms with van der Waals surface area (Å²) in [7, 11) is -1.34. The van der Waals surface area contributed by atoms with E-state index in [-0.39, 0.29) is 16.0 Å². The van der Waals surface area contributed by atoms with E-state index in [4.69, 9.17) is 9.17 Å². The molecule has 1 aromatic carbocycles. The van der Waals surface area contributed by atoms with Crippen LogP contribution in [0.15, 0.2) is 39.9 Å². The molecule has 0 radical (unpaired) electrons. The number of benzene rings is 1. The van der Waals surface area contributed by atoms with Crippen LogP contribution < -0.4 is 16.6 Å². The van der Waals surface area contributed by atoms with E-state index in [1.54, 1.807) is 4.57 Å². The number of imidazole rings is 1. The third-order valence-electron chi connectivity index (χ3n) is 7.72. The van der Waals surface area contributed by atoms with Gasteiger partial charge in [-0.1, -0.05) is 70.4 Å². The van der Waals surface area contributed by atoms with Crippen molar-refractivity contribution in [3.8, 4) is 0 Å². The molecule has 3 aromatic rings. The van der Waals surface area contributed by atoms with Crippen molar-refractivity contribution in [1.29, 1.82) is 0 Å². The van der Waals surface area contributed by atoms with Crippen molar-refractivity contribution in [2.75, 3.05) is 24.4 Å². The minimum absolute atomic E-state index is 0.0177. The second-order valence-corrected chi connectivity index (χ2v) is 15.2. The van der Waals surface area contributed by atoms with Crippen molar-refractivity contribution in [1.82, 2.24) is 18.7 Å². The zero-order valence-corrected chi connectivity index (χ0v) is 24.1. The van der Waals surface area contributed by atoms with Crippen LogP contribution in [0.25, 0.3) is 11.2 Å².